The van der Waals surface area contributed by atoms with Gasteiger partial charge in [-0.3, -0.25) is 4.79 Å². The molecule has 5 heteroatoms. The summed E-state index contributed by atoms with van der Waals surface area (Å²) in [5.74, 6) is 0.0440. The lowest BCUT2D eigenvalue weighted by atomic mass is 10.2. The fourth-order valence-electron chi connectivity index (χ4n) is 2.39. The Morgan fingerprint density at radius 3 is 3.11 bits per heavy atom. The monoisotopic (exact) mass is 322 g/mol. The predicted molar refractivity (Wildman–Crippen MR) is 77.3 cm³/mol. The smallest absolute Gasteiger partial charge is 0.270 e. The number of morpholine rings is 1. The molecule has 1 fully saturated rings. The van der Waals surface area contributed by atoms with E-state index in [-0.39, 0.29) is 12.0 Å². The number of hydrogen-bond donors (Lipinski definition) is 1. The zero-order valence-electron chi connectivity index (χ0n) is 10.6. The van der Waals surface area contributed by atoms with Gasteiger partial charge in [-0.2, -0.15) is 0 Å². The van der Waals surface area contributed by atoms with Gasteiger partial charge in [-0.25, -0.2) is 0 Å². The second-order valence-electron chi connectivity index (χ2n) is 4.85. The highest BCUT2D eigenvalue weighted by molar-refractivity contribution is 9.10. The molecule has 1 aromatic heterocycles. The minimum Gasteiger partial charge on any atom is -0.375 e. The number of carbonyl (C=O) groups is 1. The third-order valence-corrected chi connectivity index (χ3v) is 3.83. The van der Waals surface area contributed by atoms with Crippen molar-refractivity contribution in [2.45, 2.75) is 13.0 Å². The lowest BCUT2D eigenvalue weighted by molar-refractivity contribution is -0.0126. The SMILES string of the molecule is C[C@@H]1CN(C(=O)c2cc3cc(Br)ccc3[nH]2)CCO1. The first-order valence-corrected chi connectivity index (χ1v) is 7.12. The van der Waals surface area contributed by atoms with E-state index in [1.54, 1.807) is 0 Å². The van der Waals surface area contributed by atoms with Crippen LogP contribution in [0.3, 0.4) is 0 Å². The van der Waals surface area contributed by atoms with E-state index >= 15 is 0 Å². The van der Waals surface area contributed by atoms with Gasteiger partial charge in [0.05, 0.1) is 12.7 Å². The lowest BCUT2D eigenvalue weighted by Gasteiger charge is -2.30. The average Bonchev–Trinajstić information content (AvgIpc) is 2.80. The number of halogens is 1. The van der Waals surface area contributed by atoms with E-state index in [9.17, 15) is 4.79 Å². The molecule has 1 saturated heterocycles. The van der Waals surface area contributed by atoms with Gasteiger partial charge in [-0.1, -0.05) is 15.9 Å². The number of carbonyl (C=O) groups excluding carboxylic acids is 1. The van der Waals surface area contributed by atoms with Gasteiger partial charge >= 0.3 is 0 Å². The predicted octanol–water partition coefficient (Wildman–Crippen LogP) is 2.79. The highest BCUT2D eigenvalue weighted by atomic mass is 79.9. The summed E-state index contributed by atoms with van der Waals surface area (Å²) >= 11 is 3.44. The van der Waals surface area contributed by atoms with Crippen molar-refractivity contribution in [3.8, 4) is 0 Å². The Kier molecular flexibility index (Phi) is 3.33. The molecular weight excluding hydrogens is 308 g/mol. The van der Waals surface area contributed by atoms with Crippen LogP contribution in [0.25, 0.3) is 10.9 Å². The number of ether oxygens (including phenoxy) is 1. The topological polar surface area (TPSA) is 45.3 Å². The first-order chi connectivity index (χ1) is 9.13. The minimum absolute atomic E-state index is 0.0440. The number of nitrogens with one attached hydrogen (secondary N) is 1. The Hall–Kier alpha value is -1.33. The Bertz CT molecular complexity index is 623. The summed E-state index contributed by atoms with van der Waals surface area (Å²) in [6.07, 6.45) is 0.108. The zero-order chi connectivity index (χ0) is 13.4. The van der Waals surface area contributed by atoms with Crippen LogP contribution in [0.1, 0.15) is 17.4 Å². The molecule has 0 aliphatic carbocycles. The fraction of sp³-hybridized carbons (Fsp3) is 0.357. The maximum absolute atomic E-state index is 12.4. The van der Waals surface area contributed by atoms with Crippen LogP contribution in [-0.4, -0.2) is 41.6 Å². The number of amides is 1. The van der Waals surface area contributed by atoms with E-state index in [4.69, 9.17) is 4.74 Å². The van der Waals surface area contributed by atoms with Crippen molar-refractivity contribution in [3.05, 3.63) is 34.4 Å². The van der Waals surface area contributed by atoms with E-state index < -0.39 is 0 Å². The molecular formula is C14H15BrN2O2. The van der Waals surface area contributed by atoms with Gasteiger partial charge in [0, 0.05) is 28.5 Å². The van der Waals surface area contributed by atoms with Crippen molar-refractivity contribution in [2.24, 2.45) is 0 Å². The van der Waals surface area contributed by atoms with Gasteiger partial charge in [0.25, 0.3) is 5.91 Å². The number of benzene rings is 1. The maximum atomic E-state index is 12.4. The summed E-state index contributed by atoms with van der Waals surface area (Å²) in [6, 6.07) is 7.84. The summed E-state index contributed by atoms with van der Waals surface area (Å²) in [7, 11) is 0. The molecule has 1 aliphatic heterocycles. The fourth-order valence-corrected chi connectivity index (χ4v) is 2.77. The second-order valence-corrected chi connectivity index (χ2v) is 5.76. The van der Waals surface area contributed by atoms with Crippen LogP contribution in [0.2, 0.25) is 0 Å². The van der Waals surface area contributed by atoms with E-state index in [0.29, 0.717) is 25.4 Å². The summed E-state index contributed by atoms with van der Waals surface area (Å²) in [5, 5.41) is 1.04. The minimum atomic E-state index is 0.0440. The van der Waals surface area contributed by atoms with E-state index in [1.807, 2.05) is 36.1 Å². The van der Waals surface area contributed by atoms with Crippen molar-refractivity contribution in [1.29, 1.82) is 0 Å². The first kappa shape index (κ1) is 12.7. The van der Waals surface area contributed by atoms with Gasteiger partial charge in [-0.05, 0) is 31.2 Å². The van der Waals surface area contributed by atoms with E-state index in [0.717, 1.165) is 15.4 Å². The molecule has 3 rings (SSSR count). The maximum Gasteiger partial charge on any atom is 0.270 e. The number of hydrogen-bond acceptors (Lipinski definition) is 2. The summed E-state index contributed by atoms with van der Waals surface area (Å²) < 4.78 is 6.47. The van der Waals surface area contributed by atoms with Crippen LogP contribution in [0.15, 0.2) is 28.7 Å². The molecule has 19 heavy (non-hydrogen) atoms. The Balaban J connectivity index is 1.88. The number of rotatable bonds is 1. The van der Waals surface area contributed by atoms with Crippen molar-refractivity contribution >= 4 is 32.7 Å². The summed E-state index contributed by atoms with van der Waals surface area (Å²) in [5.41, 5.74) is 1.62. The van der Waals surface area contributed by atoms with Crippen LogP contribution in [0.5, 0.6) is 0 Å². The van der Waals surface area contributed by atoms with Gasteiger partial charge in [0.2, 0.25) is 0 Å². The van der Waals surface area contributed by atoms with Crippen LogP contribution < -0.4 is 0 Å². The quantitative estimate of drug-likeness (QED) is 0.877. The van der Waals surface area contributed by atoms with Gasteiger partial charge in [-0.15, -0.1) is 0 Å². The molecule has 0 radical (unpaired) electrons. The standard InChI is InChI=1S/C14H15BrN2O2/c1-9-8-17(4-5-19-9)14(18)13-7-10-6-11(15)2-3-12(10)16-13/h2-3,6-7,9,16H,4-5,8H2,1H3/t9-/m1/s1. The van der Waals surface area contributed by atoms with E-state index in [2.05, 4.69) is 20.9 Å². The summed E-state index contributed by atoms with van der Waals surface area (Å²) in [4.78, 5) is 17.5. The lowest BCUT2D eigenvalue weighted by Crippen LogP contribution is -2.44. The number of nitrogens with zero attached hydrogens (tertiary/aromatic N) is 1. The van der Waals surface area contributed by atoms with Crippen molar-refractivity contribution in [1.82, 2.24) is 9.88 Å². The molecule has 4 nitrogen and oxygen atoms in total. The van der Waals surface area contributed by atoms with Crippen LogP contribution in [0.4, 0.5) is 0 Å². The van der Waals surface area contributed by atoms with Crippen LogP contribution >= 0.6 is 15.9 Å². The van der Waals surface area contributed by atoms with Crippen LogP contribution in [0, 0.1) is 0 Å². The highest BCUT2D eigenvalue weighted by Gasteiger charge is 2.23. The molecule has 1 N–H and O–H groups in total. The molecule has 2 heterocycles. The number of fused-ring (bicyclic) bond motifs is 1. The molecule has 0 spiro atoms. The molecule has 1 amide bonds. The molecule has 1 atom stereocenters. The molecule has 2 aromatic rings. The zero-order valence-corrected chi connectivity index (χ0v) is 12.2. The van der Waals surface area contributed by atoms with Crippen molar-refractivity contribution in [3.63, 3.8) is 0 Å². The molecule has 0 unspecified atom stereocenters. The molecule has 0 saturated carbocycles. The summed E-state index contributed by atoms with van der Waals surface area (Å²) in [6.45, 7) is 3.90. The van der Waals surface area contributed by atoms with Gasteiger partial charge in [0.1, 0.15) is 5.69 Å². The van der Waals surface area contributed by atoms with Gasteiger partial charge < -0.3 is 14.6 Å². The third-order valence-electron chi connectivity index (χ3n) is 3.34. The van der Waals surface area contributed by atoms with Gasteiger partial charge in [0.15, 0.2) is 0 Å². The second kappa shape index (κ2) is 4.98. The van der Waals surface area contributed by atoms with Crippen LogP contribution in [-0.2, 0) is 4.74 Å². The normalized spacial score (nSPS) is 19.9. The third kappa shape index (κ3) is 2.53. The Morgan fingerprint density at radius 2 is 2.32 bits per heavy atom. The number of aromatic nitrogens is 1. The van der Waals surface area contributed by atoms with E-state index in [1.165, 1.54) is 0 Å². The average molecular weight is 323 g/mol. The molecule has 1 aromatic carbocycles. The molecule has 0 bridgehead atoms. The molecule has 100 valence electrons. The highest BCUT2D eigenvalue weighted by Crippen LogP contribution is 2.21. The number of aromatic amines is 1. The Morgan fingerprint density at radius 1 is 1.47 bits per heavy atom. The molecule has 1 aliphatic rings. The first-order valence-electron chi connectivity index (χ1n) is 6.32. The Labute approximate surface area is 119 Å². The van der Waals surface area contributed by atoms with Crippen molar-refractivity contribution in [2.75, 3.05) is 19.7 Å². The van der Waals surface area contributed by atoms with Crippen molar-refractivity contribution < 1.29 is 9.53 Å². The number of H-pyrrole nitrogens is 1. The largest absolute Gasteiger partial charge is 0.375 e.